The van der Waals surface area contributed by atoms with E-state index in [1.54, 1.807) is 6.92 Å². The first-order chi connectivity index (χ1) is 19.3. The first kappa shape index (κ1) is 28.3. The summed E-state index contributed by atoms with van der Waals surface area (Å²) < 4.78 is 91.7. The minimum atomic E-state index is -5.72. The van der Waals surface area contributed by atoms with Crippen molar-refractivity contribution in [3.8, 4) is 17.4 Å². The Kier molecular flexibility index (Phi) is 7.09. The number of aromatic nitrogens is 5. The number of imidazole rings is 1. The topological polar surface area (TPSA) is 104 Å². The standard InChI is InChI=1S/C26H22F6N6O3/c1-24(14-3-5-15(27)6-4-14)18-20(37-23(24)39)35-19(36-22(18)41-12-11-40-2)17-13-38-10-9-33-21(38)16(34-17)7-8-25(28,29)26(30,31)32/h3-6,9-10,13H,7-8,11-12H2,1-2H3,(H,35,36,37,39). The van der Waals surface area contributed by atoms with Crippen LogP contribution in [-0.2, 0) is 21.4 Å². The highest BCUT2D eigenvalue weighted by Crippen LogP contribution is 2.46. The molecule has 41 heavy (non-hydrogen) atoms. The van der Waals surface area contributed by atoms with E-state index in [2.05, 4.69) is 25.3 Å². The van der Waals surface area contributed by atoms with Gasteiger partial charge in [0.05, 0.1) is 17.9 Å². The third kappa shape index (κ3) is 5.05. The van der Waals surface area contributed by atoms with Crippen LogP contribution in [0.25, 0.3) is 17.2 Å². The molecule has 1 atom stereocenters. The molecule has 3 aromatic heterocycles. The summed E-state index contributed by atoms with van der Waals surface area (Å²) in [7, 11) is 1.46. The maximum atomic E-state index is 13.7. The van der Waals surface area contributed by atoms with E-state index < -0.39 is 42.1 Å². The van der Waals surface area contributed by atoms with E-state index in [-0.39, 0.29) is 53.3 Å². The van der Waals surface area contributed by atoms with E-state index in [4.69, 9.17) is 9.47 Å². The molecule has 0 bridgehead atoms. The predicted molar refractivity (Wildman–Crippen MR) is 132 cm³/mol. The molecule has 15 heteroatoms. The lowest BCUT2D eigenvalue weighted by atomic mass is 9.78. The number of amides is 1. The molecule has 9 nitrogen and oxygen atoms in total. The van der Waals surface area contributed by atoms with Gasteiger partial charge in [-0.05, 0) is 31.0 Å². The highest BCUT2D eigenvalue weighted by atomic mass is 19.4. The molecule has 0 saturated carbocycles. The molecular formula is C26H22F6N6O3. The van der Waals surface area contributed by atoms with Gasteiger partial charge >= 0.3 is 12.1 Å². The van der Waals surface area contributed by atoms with Crippen molar-refractivity contribution in [3.05, 3.63) is 65.5 Å². The summed E-state index contributed by atoms with van der Waals surface area (Å²) in [6, 6.07) is 5.32. The molecule has 1 aliphatic rings. The zero-order valence-corrected chi connectivity index (χ0v) is 21.6. The summed E-state index contributed by atoms with van der Waals surface area (Å²) >= 11 is 0. The molecule has 0 radical (unpaired) electrons. The van der Waals surface area contributed by atoms with Gasteiger partial charge in [-0.2, -0.15) is 26.9 Å². The molecule has 1 aromatic carbocycles. The summed E-state index contributed by atoms with van der Waals surface area (Å²) in [6.07, 6.45) is -3.79. The molecule has 5 rings (SSSR count). The molecule has 4 aromatic rings. The Morgan fingerprint density at radius 1 is 1.05 bits per heavy atom. The maximum absolute atomic E-state index is 13.7. The summed E-state index contributed by atoms with van der Waals surface area (Å²) in [5.41, 5.74) is -0.717. The monoisotopic (exact) mass is 580 g/mol. The van der Waals surface area contributed by atoms with Crippen LogP contribution in [0.2, 0.25) is 0 Å². The number of fused-ring (bicyclic) bond motifs is 2. The van der Waals surface area contributed by atoms with Gasteiger partial charge in [-0.1, -0.05) is 12.1 Å². The molecule has 1 aliphatic heterocycles. The number of ether oxygens (including phenoxy) is 2. The van der Waals surface area contributed by atoms with E-state index in [1.807, 2.05) is 0 Å². The average molecular weight is 580 g/mol. The maximum Gasteiger partial charge on any atom is 0.453 e. The fourth-order valence-corrected chi connectivity index (χ4v) is 4.52. The van der Waals surface area contributed by atoms with E-state index in [1.165, 1.54) is 54.4 Å². The van der Waals surface area contributed by atoms with Gasteiger partial charge in [0.2, 0.25) is 11.8 Å². The van der Waals surface area contributed by atoms with Crippen LogP contribution in [0.5, 0.6) is 5.88 Å². The molecule has 0 fully saturated rings. The Labute approximate surface area is 228 Å². The number of carbonyl (C=O) groups excluding carboxylic acids is 1. The molecule has 1 N–H and O–H groups in total. The Hall–Kier alpha value is -4.27. The third-order valence-corrected chi connectivity index (χ3v) is 6.77. The number of aryl methyl sites for hydroxylation is 1. The third-order valence-electron chi connectivity index (χ3n) is 6.77. The Morgan fingerprint density at radius 3 is 2.46 bits per heavy atom. The van der Waals surface area contributed by atoms with Gasteiger partial charge in [0.25, 0.3) is 0 Å². The number of benzene rings is 1. The fourth-order valence-electron chi connectivity index (χ4n) is 4.52. The van der Waals surface area contributed by atoms with E-state index in [9.17, 15) is 31.1 Å². The normalized spacial score (nSPS) is 17.1. The summed E-state index contributed by atoms with van der Waals surface area (Å²) in [4.78, 5) is 30.5. The number of alkyl halides is 5. The van der Waals surface area contributed by atoms with Crippen LogP contribution in [0.1, 0.15) is 30.2 Å². The van der Waals surface area contributed by atoms with Gasteiger partial charge in [-0.3, -0.25) is 4.79 Å². The van der Waals surface area contributed by atoms with Crippen molar-refractivity contribution in [1.82, 2.24) is 24.3 Å². The number of nitrogens with zero attached hydrogens (tertiary/aromatic N) is 5. The number of nitrogens with one attached hydrogen (secondary N) is 1. The predicted octanol–water partition coefficient (Wildman–Crippen LogP) is 4.74. The fraction of sp³-hybridized carbons (Fsp3) is 0.346. The molecule has 1 unspecified atom stereocenters. The van der Waals surface area contributed by atoms with Crippen molar-refractivity contribution in [2.45, 2.75) is 37.3 Å². The molecule has 0 aliphatic carbocycles. The second-order valence-corrected chi connectivity index (χ2v) is 9.44. The number of hydrogen-bond acceptors (Lipinski definition) is 7. The van der Waals surface area contributed by atoms with Gasteiger partial charge in [0.15, 0.2) is 11.5 Å². The van der Waals surface area contributed by atoms with Crippen molar-refractivity contribution < 1.29 is 40.6 Å². The highest BCUT2D eigenvalue weighted by molar-refractivity contribution is 6.08. The lowest BCUT2D eigenvalue weighted by molar-refractivity contribution is -0.284. The van der Waals surface area contributed by atoms with Gasteiger partial charge in [-0.15, -0.1) is 0 Å². The lowest BCUT2D eigenvalue weighted by Crippen LogP contribution is -2.36. The summed E-state index contributed by atoms with van der Waals surface area (Å²) in [6.45, 7) is 1.79. The Balaban J connectivity index is 1.61. The van der Waals surface area contributed by atoms with Gasteiger partial charge in [0.1, 0.15) is 29.4 Å². The quantitative estimate of drug-likeness (QED) is 0.225. The molecular weight excluding hydrogens is 558 g/mol. The zero-order valence-electron chi connectivity index (χ0n) is 21.6. The van der Waals surface area contributed by atoms with Gasteiger partial charge in [-0.25, -0.2) is 19.3 Å². The molecule has 0 spiro atoms. The van der Waals surface area contributed by atoms with Crippen LogP contribution >= 0.6 is 0 Å². The smallest absolute Gasteiger partial charge is 0.453 e. The SMILES string of the molecule is COCCOc1nc(-c2cn3ccnc3c(CCC(F)(F)C(F)(F)F)n2)nc2c1C(C)(c1ccc(F)cc1)C(=O)N2. The number of halogens is 6. The van der Waals surface area contributed by atoms with E-state index in [0.717, 1.165) is 0 Å². The summed E-state index contributed by atoms with van der Waals surface area (Å²) in [5, 5.41) is 2.68. The van der Waals surface area contributed by atoms with Crippen molar-refractivity contribution in [1.29, 1.82) is 0 Å². The first-order valence-corrected chi connectivity index (χ1v) is 12.2. The van der Waals surface area contributed by atoms with Crippen molar-refractivity contribution in [2.24, 2.45) is 0 Å². The number of anilines is 1. The minimum absolute atomic E-state index is 0.00449. The van der Waals surface area contributed by atoms with Crippen LogP contribution in [-0.4, -0.2) is 62.7 Å². The van der Waals surface area contributed by atoms with Gasteiger partial charge in [0, 0.05) is 32.1 Å². The van der Waals surface area contributed by atoms with Gasteiger partial charge < -0.3 is 19.2 Å². The Morgan fingerprint density at radius 2 is 1.78 bits per heavy atom. The Bertz CT molecular complexity index is 1610. The molecule has 4 heterocycles. The van der Waals surface area contributed by atoms with Crippen LogP contribution in [0.3, 0.4) is 0 Å². The second-order valence-electron chi connectivity index (χ2n) is 9.44. The molecule has 0 saturated heterocycles. The highest BCUT2D eigenvalue weighted by Gasteiger charge is 2.56. The average Bonchev–Trinajstić information content (AvgIpc) is 3.49. The lowest BCUT2D eigenvalue weighted by Gasteiger charge is -2.24. The van der Waals surface area contributed by atoms with E-state index >= 15 is 0 Å². The van der Waals surface area contributed by atoms with Crippen LogP contribution < -0.4 is 10.1 Å². The van der Waals surface area contributed by atoms with Crippen molar-refractivity contribution in [2.75, 3.05) is 25.6 Å². The molecule has 1 amide bonds. The minimum Gasteiger partial charge on any atom is -0.475 e. The summed E-state index contributed by atoms with van der Waals surface area (Å²) in [5.74, 6) is -5.98. The van der Waals surface area contributed by atoms with Crippen LogP contribution in [0, 0.1) is 5.82 Å². The van der Waals surface area contributed by atoms with Crippen molar-refractivity contribution in [3.63, 3.8) is 0 Å². The second kappa shape index (κ2) is 10.3. The van der Waals surface area contributed by atoms with Crippen LogP contribution in [0.4, 0.5) is 32.2 Å². The molecule has 216 valence electrons. The van der Waals surface area contributed by atoms with E-state index in [0.29, 0.717) is 5.56 Å². The first-order valence-electron chi connectivity index (χ1n) is 12.2. The van der Waals surface area contributed by atoms with Crippen molar-refractivity contribution >= 4 is 17.4 Å². The zero-order chi connectivity index (χ0) is 29.6. The van der Waals surface area contributed by atoms with Crippen LogP contribution in [0.15, 0.2) is 42.9 Å². The number of methoxy groups -OCH3 is 1. The number of carbonyl (C=O) groups is 1. The number of rotatable bonds is 9. The number of hydrogen-bond donors (Lipinski definition) is 1. The largest absolute Gasteiger partial charge is 0.475 e.